The Morgan fingerprint density at radius 1 is 0.911 bits per heavy atom. The van der Waals surface area contributed by atoms with Crippen LogP contribution in [-0.4, -0.2) is 29.7 Å². The second-order valence-corrected chi connectivity index (χ2v) is 18.5. The summed E-state index contributed by atoms with van der Waals surface area (Å²) in [6.07, 6.45) is 12.6. The van der Waals surface area contributed by atoms with Crippen molar-refractivity contribution in [3.05, 3.63) is 41.2 Å². The fourth-order valence-electron chi connectivity index (χ4n) is 13.9. The predicted molar refractivity (Wildman–Crippen MR) is 173 cm³/mol. The van der Waals surface area contributed by atoms with Crippen molar-refractivity contribution in [3.8, 4) is 5.75 Å². The van der Waals surface area contributed by atoms with Crippen molar-refractivity contribution in [2.75, 3.05) is 13.7 Å². The quantitative estimate of drug-likeness (QED) is 0.341. The van der Waals surface area contributed by atoms with Gasteiger partial charge in [0, 0.05) is 17.4 Å². The van der Waals surface area contributed by atoms with Crippen LogP contribution in [0, 0.1) is 50.7 Å². The van der Waals surface area contributed by atoms with Crippen LogP contribution in [-0.2, 0) is 30.2 Å². The Bertz CT molecular complexity index is 1500. The van der Waals surface area contributed by atoms with Crippen molar-refractivity contribution in [3.63, 3.8) is 0 Å². The van der Waals surface area contributed by atoms with E-state index in [0.717, 1.165) is 43.1 Å². The standard InChI is InChI=1S/C39H58N3O2.HI/c1-34(2)18-20-39-21-19-37(6)26(31(39)33(34)44-24-39)14-15-30-36(5)22-27-32(35(3,4)29(36)16-17-38(30,37)7)42(40-41(27)8)23-25-12-10-11-13-28(25)43-9;/h10-13,26,29-31,33H,14-24H2,1-9H3;1H/q+1;/p-1/t26-,29+,30-,31+,33-,36+,37-,38-,39-;/m1./s1. The van der Waals surface area contributed by atoms with Gasteiger partial charge in [0.05, 0.1) is 25.0 Å². The van der Waals surface area contributed by atoms with Crippen LogP contribution in [0.3, 0.4) is 0 Å². The van der Waals surface area contributed by atoms with Gasteiger partial charge in [-0.2, -0.15) is 0 Å². The second kappa shape index (κ2) is 10.2. The van der Waals surface area contributed by atoms with Gasteiger partial charge >= 0.3 is 0 Å². The van der Waals surface area contributed by atoms with E-state index in [1.165, 1.54) is 68.3 Å². The smallest absolute Gasteiger partial charge is 0.177 e. The largest absolute Gasteiger partial charge is 1.00 e. The topological polar surface area (TPSA) is 40.2 Å². The summed E-state index contributed by atoms with van der Waals surface area (Å²) in [5.74, 6) is 3.90. The molecule has 4 saturated carbocycles. The third-order valence-corrected chi connectivity index (χ3v) is 16.1. The minimum absolute atomic E-state index is 0. The molecule has 2 bridgehead atoms. The molecular formula is C39H58IN3O2. The zero-order valence-corrected chi connectivity index (χ0v) is 31.7. The SMILES string of the molecule is COc1ccccc1C[n+]1nn(C)c2c1C(C)(C)[C@@H]1CC[C@]3(C)[C@H](CC[C@@H]4[C@H]5[C@H]6OC[C@@]5(CCC6(C)C)CC[C@]43C)[C@@]1(C)C2.[I-]. The molecule has 9 atom stereocenters. The van der Waals surface area contributed by atoms with E-state index in [1.807, 2.05) is 0 Å². The number of hydrogen-bond donors (Lipinski definition) is 0. The number of hydrogen-bond acceptors (Lipinski definition) is 3. The van der Waals surface area contributed by atoms with Gasteiger partial charge < -0.3 is 33.5 Å². The average Bonchev–Trinajstić information content (AvgIpc) is 3.47. The molecule has 1 saturated heterocycles. The van der Waals surface area contributed by atoms with Crippen LogP contribution in [0.4, 0.5) is 0 Å². The van der Waals surface area contributed by atoms with Gasteiger partial charge in [0.25, 0.3) is 0 Å². The summed E-state index contributed by atoms with van der Waals surface area (Å²) < 4.78 is 17.1. The van der Waals surface area contributed by atoms with E-state index in [4.69, 9.17) is 14.7 Å². The lowest BCUT2D eigenvalue weighted by atomic mass is 9.31. The highest BCUT2D eigenvalue weighted by Gasteiger charge is 2.73. The normalized spacial score (nSPS) is 43.5. The van der Waals surface area contributed by atoms with Crippen LogP contribution >= 0.6 is 0 Å². The third kappa shape index (κ3) is 4.05. The van der Waals surface area contributed by atoms with Crippen molar-refractivity contribution in [1.82, 2.24) is 9.90 Å². The van der Waals surface area contributed by atoms with Crippen LogP contribution in [0.2, 0.25) is 0 Å². The molecule has 5 aliphatic carbocycles. The van der Waals surface area contributed by atoms with Gasteiger partial charge in [-0.25, -0.2) is 0 Å². The lowest BCUT2D eigenvalue weighted by Crippen LogP contribution is -3.00. The average molecular weight is 728 g/mol. The third-order valence-electron chi connectivity index (χ3n) is 16.1. The predicted octanol–water partition coefficient (Wildman–Crippen LogP) is 4.67. The molecule has 248 valence electrons. The first-order valence-corrected chi connectivity index (χ1v) is 17.9. The van der Waals surface area contributed by atoms with E-state index in [0.29, 0.717) is 33.7 Å². The fraction of sp³-hybridized carbons (Fsp3) is 0.795. The molecule has 0 amide bonds. The Hall–Kier alpha value is -1.15. The Morgan fingerprint density at radius 2 is 1.64 bits per heavy atom. The molecule has 0 radical (unpaired) electrons. The van der Waals surface area contributed by atoms with Crippen LogP contribution in [0.25, 0.3) is 0 Å². The lowest BCUT2D eigenvalue weighted by molar-refractivity contribution is -0.757. The number of nitrogens with zero attached hydrogens (tertiary/aromatic N) is 3. The summed E-state index contributed by atoms with van der Waals surface area (Å²) >= 11 is 0. The molecule has 1 aromatic heterocycles. The Kier molecular flexibility index (Phi) is 7.33. The molecule has 8 rings (SSSR count). The number of aromatic nitrogens is 3. The summed E-state index contributed by atoms with van der Waals surface area (Å²) in [4.78, 5) is 0. The van der Waals surface area contributed by atoms with Crippen LogP contribution in [0.5, 0.6) is 5.75 Å². The molecule has 6 aliphatic rings. The summed E-state index contributed by atoms with van der Waals surface area (Å²) in [6, 6.07) is 8.44. The Morgan fingerprint density at radius 3 is 2.40 bits per heavy atom. The number of methoxy groups -OCH3 is 1. The number of fused-ring (bicyclic) bond motifs is 6. The number of rotatable bonds is 3. The van der Waals surface area contributed by atoms with Crippen LogP contribution in [0.1, 0.15) is 117 Å². The zero-order valence-electron chi connectivity index (χ0n) is 29.5. The summed E-state index contributed by atoms with van der Waals surface area (Å²) in [5.41, 5.74) is 5.96. The van der Waals surface area contributed by atoms with Crippen molar-refractivity contribution >= 4 is 0 Å². The second-order valence-electron chi connectivity index (χ2n) is 18.5. The van der Waals surface area contributed by atoms with Gasteiger partial charge in [-0.3, -0.25) is 0 Å². The molecule has 5 fully saturated rings. The van der Waals surface area contributed by atoms with E-state index >= 15 is 0 Å². The van der Waals surface area contributed by atoms with Gasteiger partial charge in [0.1, 0.15) is 19.3 Å². The van der Waals surface area contributed by atoms with Crippen molar-refractivity contribution < 1.29 is 38.1 Å². The minimum atomic E-state index is 0. The minimum Gasteiger partial charge on any atom is -1.00 e. The number of ether oxygens (including phenoxy) is 2. The number of benzene rings is 1. The van der Waals surface area contributed by atoms with Crippen LogP contribution in [0.15, 0.2) is 24.3 Å². The summed E-state index contributed by atoms with van der Waals surface area (Å²) in [6.45, 7) is 20.2. The summed E-state index contributed by atoms with van der Waals surface area (Å²) in [7, 11) is 3.97. The first-order valence-electron chi connectivity index (χ1n) is 17.9. The van der Waals surface area contributed by atoms with Gasteiger partial charge in [0.2, 0.25) is 0 Å². The number of para-hydroxylation sites is 1. The highest BCUT2D eigenvalue weighted by atomic mass is 127. The molecule has 2 heterocycles. The van der Waals surface area contributed by atoms with E-state index in [-0.39, 0.29) is 34.8 Å². The van der Waals surface area contributed by atoms with Gasteiger partial charge in [-0.15, -0.1) is 9.36 Å². The molecule has 6 heteroatoms. The van der Waals surface area contributed by atoms with E-state index in [2.05, 4.69) is 89.1 Å². The van der Waals surface area contributed by atoms with E-state index in [9.17, 15) is 0 Å². The maximum atomic E-state index is 6.82. The monoisotopic (exact) mass is 727 g/mol. The molecule has 2 aromatic rings. The molecule has 1 aliphatic heterocycles. The van der Waals surface area contributed by atoms with Crippen molar-refractivity contribution in [2.24, 2.45) is 57.8 Å². The highest BCUT2D eigenvalue weighted by molar-refractivity contribution is 5.33. The first-order chi connectivity index (χ1) is 20.7. The molecule has 1 aromatic carbocycles. The van der Waals surface area contributed by atoms with Crippen molar-refractivity contribution in [2.45, 2.75) is 124 Å². The lowest BCUT2D eigenvalue weighted by Gasteiger charge is -2.72. The molecule has 45 heavy (non-hydrogen) atoms. The van der Waals surface area contributed by atoms with Crippen LogP contribution < -0.4 is 33.4 Å². The molecule has 0 spiro atoms. The van der Waals surface area contributed by atoms with Gasteiger partial charge in [0.15, 0.2) is 11.4 Å². The molecule has 0 unspecified atom stereocenters. The maximum Gasteiger partial charge on any atom is 0.177 e. The van der Waals surface area contributed by atoms with E-state index in [1.54, 1.807) is 7.11 Å². The first kappa shape index (κ1) is 32.4. The van der Waals surface area contributed by atoms with Gasteiger partial charge in [-0.05, 0) is 108 Å². The maximum absolute atomic E-state index is 6.82. The van der Waals surface area contributed by atoms with E-state index < -0.39 is 0 Å². The molecule has 0 N–H and O–H groups in total. The number of aryl methyl sites for hydroxylation is 1. The Balaban J connectivity index is 0.00000325. The van der Waals surface area contributed by atoms with Gasteiger partial charge in [-0.1, -0.05) is 66.7 Å². The highest BCUT2D eigenvalue weighted by Crippen LogP contribution is 2.77. The fourth-order valence-corrected chi connectivity index (χ4v) is 13.9. The van der Waals surface area contributed by atoms with Crippen molar-refractivity contribution in [1.29, 1.82) is 0 Å². The Labute approximate surface area is 289 Å². The molecular weight excluding hydrogens is 669 g/mol. The molecule has 5 nitrogen and oxygen atoms in total. The zero-order chi connectivity index (χ0) is 31.1. The summed E-state index contributed by atoms with van der Waals surface area (Å²) in [5, 5.41) is 5.19. The number of halogens is 1.